The van der Waals surface area contributed by atoms with Crippen molar-refractivity contribution in [3.63, 3.8) is 0 Å². The Kier molecular flexibility index (Phi) is 6.51. The number of rotatable bonds is 5. The van der Waals surface area contributed by atoms with E-state index in [0.29, 0.717) is 32.4 Å². The highest BCUT2D eigenvalue weighted by Crippen LogP contribution is 2.32. The summed E-state index contributed by atoms with van der Waals surface area (Å²) in [5.41, 5.74) is 3.50. The summed E-state index contributed by atoms with van der Waals surface area (Å²) in [4.78, 5) is 17.7. The number of amides is 1. The Balaban J connectivity index is 1.74. The lowest BCUT2D eigenvalue weighted by Crippen LogP contribution is -2.14. The summed E-state index contributed by atoms with van der Waals surface area (Å²) < 4.78 is 24.3. The molecule has 1 N–H and O–H groups in total. The fourth-order valence-corrected chi connectivity index (χ4v) is 4.29. The lowest BCUT2D eigenvalue weighted by Gasteiger charge is -2.13. The van der Waals surface area contributed by atoms with Crippen LogP contribution in [0.15, 0.2) is 90.0 Å². The number of nitrogens with zero attached hydrogens (tertiary/aromatic N) is 1. The zero-order valence-electron chi connectivity index (χ0n) is 17.4. The Morgan fingerprint density at radius 1 is 0.848 bits per heavy atom. The first kappa shape index (κ1) is 23.0. The van der Waals surface area contributed by atoms with E-state index in [2.05, 4.69) is 10.3 Å². The molecule has 0 saturated heterocycles. The van der Waals surface area contributed by atoms with E-state index in [1.165, 1.54) is 18.2 Å². The van der Waals surface area contributed by atoms with Gasteiger partial charge in [0.2, 0.25) is 0 Å². The molecule has 166 valence electrons. The Morgan fingerprint density at radius 3 is 2.36 bits per heavy atom. The summed E-state index contributed by atoms with van der Waals surface area (Å²) in [7, 11) is -3.49. The summed E-state index contributed by atoms with van der Waals surface area (Å²) >= 11 is 12.2. The van der Waals surface area contributed by atoms with E-state index in [1.54, 1.807) is 30.5 Å². The lowest BCUT2D eigenvalue weighted by molar-refractivity contribution is 0.102. The molecule has 0 radical (unpaired) electrons. The van der Waals surface area contributed by atoms with Gasteiger partial charge in [-0.1, -0.05) is 47.5 Å². The minimum absolute atomic E-state index is 0.0947. The molecule has 0 atom stereocenters. The van der Waals surface area contributed by atoms with Gasteiger partial charge in [-0.15, -0.1) is 0 Å². The molecule has 0 saturated carbocycles. The molecule has 33 heavy (non-hydrogen) atoms. The summed E-state index contributed by atoms with van der Waals surface area (Å²) in [6, 6.07) is 22.2. The number of sulfone groups is 1. The standard InChI is InChI=1S/C25H18Cl2N2O3S/c1-33(31,32)19-9-10-20(21(15-19)16-8-11-22(26)23(27)14-16)25(30)29-18-6-4-5-17(13-18)24-7-2-3-12-28-24/h2-15H,1H3,(H,29,30). The quantitative estimate of drug-likeness (QED) is 0.347. The largest absolute Gasteiger partial charge is 0.322 e. The highest BCUT2D eigenvalue weighted by Gasteiger charge is 2.18. The maximum atomic E-state index is 13.2. The second-order valence-corrected chi connectivity index (χ2v) is 10.2. The van der Waals surface area contributed by atoms with Gasteiger partial charge in [-0.05, 0) is 65.7 Å². The average Bonchev–Trinajstić information content (AvgIpc) is 2.80. The van der Waals surface area contributed by atoms with E-state index in [-0.39, 0.29) is 4.90 Å². The van der Waals surface area contributed by atoms with Gasteiger partial charge >= 0.3 is 0 Å². The first-order valence-electron chi connectivity index (χ1n) is 9.85. The van der Waals surface area contributed by atoms with Gasteiger partial charge in [-0.25, -0.2) is 8.42 Å². The summed E-state index contributed by atoms with van der Waals surface area (Å²) in [5, 5.41) is 3.55. The molecule has 0 unspecified atom stereocenters. The fraction of sp³-hybridized carbons (Fsp3) is 0.0400. The molecule has 0 spiro atoms. The van der Waals surface area contributed by atoms with Crippen molar-refractivity contribution in [3.8, 4) is 22.4 Å². The minimum Gasteiger partial charge on any atom is -0.322 e. The number of hydrogen-bond acceptors (Lipinski definition) is 4. The van der Waals surface area contributed by atoms with E-state index in [0.717, 1.165) is 17.5 Å². The maximum absolute atomic E-state index is 13.2. The van der Waals surface area contributed by atoms with Gasteiger partial charge in [0.05, 0.1) is 20.6 Å². The van der Waals surface area contributed by atoms with Crippen molar-refractivity contribution in [2.75, 3.05) is 11.6 Å². The van der Waals surface area contributed by atoms with Crippen LogP contribution in [0.1, 0.15) is 10.4 Å². The van der Waals surface area contributed by atoms with E-state index in [4.69, 9.17) is 23.2 Å². The average molecular weight is 497 g/mol. The molecule has 0 aliphatic heterocycles. The molecule has 1 heterocycles. The zero-order chi connectivity index (χ0) is 23.6. The Morgan fingerprint density at radius 2 is 1.67 bits per heavy atom. The van der Waals surface area contributed by atoms with E-state index in [1.807, 2.05) is 36.4 Å². The first-order chi connectivity index (χ1) is 15.7. The van der Waals surface area contributed by atoms with Gasteiger partial charge in [0, 0.05) is 29.3 Å². The predicted octanol–water partition coefficient (Wildman–Crippen LogP) is 6.38. The third kappa shape index (κ3) is 5.25. The highest BCUT2D eigenvalue weighted by atomic mass is 35.5. The minimum atomic E-state index is -3.49. The molecule has 3 aromatic carbocycles. The zero-order valence-corrected chi connectivity index (χ0v) is 19.7. The maximum Gasteiger partial charge on any atom is 0.256 e. The molecule has 0 aliphatic rings. The fourth-order valence-electron chi connectivity index (χ4n) is 3.34. The predicted molar refractivity (Wildman–Crippen MR) is 133 cm³/mol. The van der Waals surface area contributed by atoms with Crippen LogP contribution < -0.4 is 5.32 Å². The first-order valence-corrected chi connectivity index (χ1v) is 12.5. The molecule has 4 rings (SSSR count). The Hall–Kier alpha value is -3.19. The number of carbonyl (C=O) groups is 1. The smallest absolute Gasteiger partial charge is 0.256 e. The molecule has 5 nitrogen and oxygen atoms in total. The van der Waals surface area contributed by atoms with Crippen molar-refractivity contribution in [2.24, 2.45) is 0 Å². The van der Waals surface area contributed by atoms with Crippen LogP contribution in [-0.4, -0.2) is 25.6 Å². The molecule has 0 fully saturated rings. The normalized spacial score (nSPS) is 11.2. The number of pyridine rings is 1. The summed E-state index contributed by atoms with van der Waals surface area (Å²) in [6.07, 6.45) is 2.82. The van der Waals surface area contributed by atoms with Crippen molar-refractivity contribution in [3.05, 3.63) is 101 Å². The topological polar surface area (TPSA) is 76.1 Å². The van der Waals surface area contributed by atoms with Gasteiger partial charge in [-0.2, -0.15) is 0 Å². The van der Waals surface area contributed by atoms with Crippen LogP contribution in [0.5, 0.6) is 0 Å². The second kappa shape index (κ2) is 9.35. The lowest BCUT2D eigenvalue weighted by atomic mass is 9.99. The number of benzene rings is 3. The molecular formula is C25H18Cl2N2O3S. The molecule has 0 aliphatic carbocycles. The molecule has 4 aromatic rings. The third-order valence-electron chi connectivity index (χ3n) is 4.98. The molecular weight excluding hydrogens is 479 g/mol. The van der Waals surface area contributed by atoms with E-state index >= 15 is 0 Å². The molecule has 8 heteroatoms. The van der Waals surface area contributed by atoms with Crippen LogP contribution in [0.25, 0.3) is 22.4 Å². The monoisotopic (exact) mass is 496 g/mol. The van der Waals surface area contributed by atoms with Gasteiger partial charge in [0.1, 0.15) is 0 Å². The van der Waals surface area contributed by atoms with Crippen LogP contribution >= 0.6 is 23.2 Å². The number of hydrogen-bond donors (Lipinski definition) is 1. The van der Waals surface area contributed by atoms with Crippen molar-refractivity contribution >= 4 is 44.6 Å². The second-order valence-electron chi connectivity index (χ2n) is 7.36. The molecule has 1 amide bonds. The van der Waals surface area contributed by atoms with E-state index in [9.17, 15) is 13.2 Å². The summed E-state index contributed by atoms with van der Waals surface area (Å²) in [6.45, 7) is 0. The van der Waals surface area contributed by atoms with Crippen molar-refractivity contribution in [1.82, 2.24) is 4.98 Å². The molecule has 0 bridgehead atoms. The van der Waals surface area contributed by atoms with Crippen LogP contribution in [0.2, 0.25) is 10.0 Å². The van der Waals surface area contributed by atoms with Crippen LogP contribution in [0, 0.1) is 0 Å². The van der Waals surface area contributed by atoms with Crippen molar-refractivity contribution < 1.29 is 13.2 Å². The number of anilines is 1. The van der Waals surface area contributed by atoms with Gasteiger partial charge in [-0.3, -0.25) is 9.78 Å². The van der Waals surface area contributed by atoms with E-state index < -0.39 is 15.7 Å². The van der Waals surface area contributed by atoms with Crippen molar-refractivity contribution in [2.45, 2.75) is 4.90 Å². The van der Waals surface area contributed by atoms with Crippen LogP contribution in [0.3, 0.4) is 0 Å². The number of nitrogens with one attached hydrogen (secondary N) is 1. The number of aromatic nitrogens is 1. The highest BCUT2D eigenvalue weighted by molar-refractivity contribution is 7.90. The van der Waals surface area contributed by atoms with Gasteiger partial charge in [0.25, 0.3) is 5.91 Å². The van der Waals surface area contributed by atoms with Gasteiger partial charge < -0.3 is 5.32 Å². The Labute approximate surface area is 201 Å². The van der Waals surface area contributed by atoms with Crippen LogP contribution in [0.4, 0.5) is 5.69 Å². The van der Waals surface area contributed by atoms with Gasteiger partial charge in [0.15, 0.2) is 9.84 Å². The SMILES string of the molecule is CS(=O)(=O)c1ccc(C(=O)Nc2cccc(-c3ccccn3)c2)c(-c2ccc(Cl)c(Cl)c2)c1. The number of halogens is 2. The molecule has 1 aromatic heterocycles. The summed E-state index contributed by atoms with van der Waals surface area (Å²) in [5.74, 6) is -0.394. The van der Waals surface area contributed by atoms with Crippen molar-refractivity contribution in [1.29, 1.82) is 0 Å². The van der Waals surface area contributed by atoms with Crippen LogP contribution in [-0.2, 0) is 9.84 Å². The third-order valence-corrected chi connectivity index (χ3v) is 6.82. The number of carbonyl (C=O) groups excluding carboxylic acids is 1. The Bertz CT molecular complexity index is 1460.